The minimum Gasteiger partial charge on any atom is -0.508 e. The number of hydrogen-bond acceptors (Lipinski definition) is 7. The van der Waals surface area contributed by atoms with Crippen molar-refractivity contribution < 1.29 is 38.2 Å². The lowest BCUT2D eigenvalue weighted by Crippen LogP contribution is -2.60. The summed E-state index contributed by atoms with van der Waals surface area (Å²) < 4.78 is 18.3. The van der Waals surface area contributed by atoms with Gasteiger partial charge in [-0.05, 0) is 61.2 Å². The van der Waals surface area contributed by atoms with Gasteiger partial charge in [-0.2, -0.15) is 4.90 Å². The first-order valence-corrected chi connectivity index (χ1v) is 13.7. The van der Waals surface area contributed by atoms with Crippen LogP contribution < -0.4 is 4.90 Å². The van der Waals surface area contributed by atoms with Gasteiger partial charge in [0.15, 0.2) is 9.75 Å². The molecule has 212 valence electrons. The van der Waals surface area contributed by atoms with Gasteiger partial charge in [0.25, 0.3) is 11.8 Å². The fourth-order valence-corrected chi connectivity index (χ4v) is 7.88. The molecule has 2 aliphatic heterocycles. The number of phenols is 1. The number of fused-ring (bicyclic) bond motifs is 4. The fourth-order valence-electron chi connectivity index (χ4n) is 6.77. The van der Waals surface area contributed by atoms with Gasteiger partial charge in [-0.25, -0.2) is 14.1 Å². The van der Waals surface area contributed by atoms with Crippen molar-refractivity contribution in [3.8, 4) is 5.75 Å². The molecule has 0 bridgehead atoms. The highest BCUT2D eigenvalue weighted by Gasteiger charge is 2.77. The molecule has 2 aliphatic carbocycles. The Bertz CT molecular complexity index is 1600. The molecule has 41 heavy (non-hydrogen) atoms. The zero-order valence-electron chi connectivity index (χ0n) is 21.1. The molecular weight excluding hydrogens is 602 g/mol. The lowest BCUT2D eigenvalue weighted by Gasteiger charge is -2.50. The van der Waals surface area contributed by atoms with Crippen LogP contribution in [0.3, 0.4) is 0 Å². The van der Waals surface area contributed by atoms with E-state index in [0.717, 1.165) is 24.1 Å². The zero-order valence-corrected chi connectivity index (χ0v) is 23.4. The minimum atomic E-state index is -2.23. The van der Waals surface area contributed by atoms with Crippen molar-refractivity contribution in [3.05, 3.63) is 70.5 Å². The van der Waals surface area contributed by atoms with Gasteiger partial charge in [0.2, 0.25) is 11.8 Å². The number of allylic oxidation sites excluding steroid dienone is 2. The molecule has 2 saturated heterocycles. The number of likely N-dealkylation sites (tertiary alicyclic amines) is 1. The Hall–Kier alpha value is -3.47. The molecule has 6 unspecified atom stereocenters. The molecule has 0 aromatic heterocycles. The van der Waals surface area contributed by atoms with Crippen LogP contribution in [-0.2, 0) is 23.9 Å². The molecule has 6 atom stereocenters. The molecule has 2 aromatic rings. The maximum Gasteiger partial charge on any atom is 0.423 e. The summed E-state index contributed by atoms with van der Waals surface area (Å²) in [4.78, 5) is 64.1. The number of halogens is 4. The number of alkyl halides is 2. The maximum atomic E-state index is 14.2. The third-order valence-electron chi connectivity index (χ3n) is 8.55. The second-order valence-corrected chi connectivity index (χ2v) is 12.1. The van der Waals surface area contributed by atoms with Gasteiger partial charge in [0.05, 0.1) is 24.6 Å². The standard InChI is InChI=1S/C28H20Cl3FN2O7/c1-41-26(40)34-22(36)16-8-7-15-18(20(16)23(34)37)11-27(30)24(38)33(14-5-3-13(32)4-6-14)25(39)28(27,31)21(15)17-10-12(29)2-9-19(17)35/h2-7,9-10,16,18,20-21,35H,8,11H2,1H3. The topological polar surface area (TPSA) is 121 Å². The van der Waals surface area contributed by atoms with Gasteiger partial charge < -0.3 is 9.84 Å². The Balaban J connectivity index is 1.57. The Labute approximate surface area is 247 Å². The van der Waals surface area contributed by atoms with Crippen LogP contribution in [0.5, 0.6) is 5.75 Å². The van der Waals surface area contributed by atoms with Crippen molar-refractivity contribution >= 4 is 70.2 Å². The average molecular weight is 622 g/mol. The molecular formula is C28H20Cl3FN2O7. The number of carbonyl (C=O) groups is 5. The number of benzene rings is 2. The Morgan fingerprint density at radius 2 is 1.71 bits per heavy atom. The van der Waals surface area contributed by atoms with E-state index < -0.39 is 69.0 Å². The van der Waals surface area contributed by atoms with Gasteiger partial charge in [-0.3, -0.25) is 19.2 Å². The van der Waals surface area contributed by atoms with E-state index in [1.807, 2.05) is 0 Å². The van der Waals surface area contributed by atoms with E-state index in [0.29, 0.717) is 10.5 Å². The molecule has 2 heterocycles. The Morgan fingerprint density at radius 1 is 1.02 bits per heavy atom. The normalized spacial score (nSPS) is 32.5. The van der Waals surface area contributed by atoms with Gasteiger partial charge >= 0.3 is 6.09 Å². The monoisotopic (exact) mass is 620 g/mol. The molecule has 5 amide bonds. The smallest absolute Gasteiger partial charge is 0.423 e. The third kappa shape index (κ3) is 3.57. The summed E-state index contributed by atoms with van der Waals surface area (Å²) in [5, 5.41) is 11.1. The molecule has 13 heteroatoms. The number of phenolic OH excluding ortho intramolecular Hbond substituents is 1. The number of nitrogens with zero attached hydrogens (tertiary/aromatic N) is 2. The number of carbonyl (C=O) groups excluding carboxylic acids is 5. The zero-order chi connectivity index (χ0) is 29.6. The van der Waals surface area contributed by atoms with Crippen molar-refractivity contribution in [1.29, 1.82) is 0 Å². The number of ether oxygens (including phenoxy) is 1. The fraction of sp³-hybridized carbons (Fsp3) is 0.321. The molecule has 9 nitrogen and oxygen atoms in total. The quantitative estimate of drug-likeness (QED) is 0.298. The predicted molar refractivity (Wildman–Crippen MR) is 144 cm³/mol. The lowest BCUT2D eigenvalue weighted by atomic mass is 9.56. The first-order chi connectivity index (χ1) is 19.4. The lowest BCUT2D eigenvalue weighted by molar-refractivity contribution is -0.138. The molecule has 4 aliphatic rings. The van der Waals surface area contributed by atoms with E-state index in [2.05, 4.69) is 4.74 Å². The van der Waals surface area contributed by atoms with Crippen LogP contribution in [0.15, 0.2) is 54.1 Å². The summed E-state index contributed by atoms with van der Waals surface area (Å²) in [6, 6.07) is 8.69. The second-order valence-electron chi connectivity index (χ2n) is 10.4. The summed E-state index contributed by atoms with van der Waals surface area (Å²) in [6.45, 7) is 0. The van der Waals surface area contributed by atoms with Crippen molar-refractivity contribution in [2.75, 3.05) is 12.0 Å². The van der Waals surface area contributed by atoms with Crippen LogP contribution in [0.4, 0.5) is 14.9 Å². The molecule has 1 N–H and O–H groups in total. The molecule has 3 fully saturated rings. The van der Waals surface area contributed by atoms with E-state index in [1.54, 1.807) is 6.08 Å². The largest absolute Gasteiger partial charge is 0.508 e. The number of rotatable bonds is 2. The highest BCUT2D eigenvalue weighted by molar-refractivity contribution is 6.58. The Kier molecular flexibility index (Phi) is 6.26. The van der Waals surface area contributed by atoms with Crippen LogP contribution in [-0.4, -0.2) is 56.6 Å². The van der Waals surface area contributed by atoms with Crippen LogP contribution in [0.1, 0.15) is 24.3 Å². The number of anilines is 1. The van der Waals surface area contributed by atoms with Crippen molar-refractivity contribution in [3.63, 3.8) is 0 Å². The summed E-state index contributed by atoms with van der Waals surface area (Å²) >= 11 is 20.6. The van der Waals surface area contributed by atoms with Crippen LogP contribution in [0.25, 0.3) is 0 Å². The molecule has 6 rings (SSSR count). The van der Waals surface area contributed by atoms with E-state index in [9.17, 15) is 33.5 Å². The number of hydrogen-bond donors (Lipinski definition) is 1. The molecule has 2 aromatic carbocycles. The first kappa shape index (κ1) is 27.7. The SMILES string of the molecule is COC(=O)N1C(=O)C2CC=C3C(CC4(Cl)C(=O)N(c5ccc(F)cc5)C(=O)C4(Cl)C3c3cc(Cl)ccc3O)C2C1=O. The molecule has 0 spiro atoms. The van der Waals surface area contributed by atoms with Crippen molar-refractivity contribution in [1.82, 2.24) is 4.90 Å². The van der Waals surface area contributed by atoms with Gasteiger partial charge in [0, 0.05) is 16.5 Å². The summed E-state index contributed by atoms with van der Waals surface area (Å²) in [6.07, 6.45) is 0.164. The van der Waals surface area contributed by atoms with Gasteiger partial charge in [-0.15, -0.1) is 23.2 Å². The summed E-state index contributed by atoms with van der Waals surface area (Å²) in [5.74, 6) is -8.60. The maximum absolute atomic E-state index is 14.2. The number of methoxy groups -OCH3 is 1. The number of amides is 5. The Morgan fingerprint density at radius 3 is 2.37 bits per heavy atom. The number of aromatic hydroxyl groups is 1. The molecule has 0 radical (unpaired) electrons. The summed E-state index contributed by atoms with van der Waals surface area (Å²) in [5.41, 5.74) is 0.490. The van der Waals surface area contributed by atoms with Crippen molar-refractivity contribution in [2.24, 2.45) is 17.8 Å². The first-order valence-electron chi connectivity index (χ1n) is 12.5. The van der Waals surface area contributed by atoms with Crippen molar-refractivity contribution in [2.45, 2.75) is 28.5 Å². The highest BCUT2D eigenvalue weighted by atomic mass is 35.5. The van der Waals surface area contributed by atoms with E-state index in [1.165, 1.54) is 30.3 Å². The second kappa shape index (κ2) is 9.27. The van der Waals surface area contributed by atoms with Crippen LogP contribution in [0.2, 0.25) is 5.02 Å². The molecule has 1 saturated carbocycles. The van der Waals surface area contributed by atoms with Gasteiger partial charge in [0.1, 0.15) is 11.6 Å². The highest BCUT2D eigenvalue weighted by Crippen LogP contribution is 2.66. The van der Waals surface area contributed by atoms with E-state index >= 15 is 0 Å². The van der Waals surface area contributed by atoms with E-state index in [-0.39, 0.29) is 34.9 Å². The van der Waals surface area contributed by atoms with Crippen LogP contribution >= 0.6 is 34.8 Å². The third-order valence-corrected chi connectivity index (χ3v) is 10.2. The van der Waals surface area contributed by atoms with Gasteiger partial charge in [-0.1, -0.05) is 23.3 Å². The summed E-state index contributed by atoms with van der Waals surface area (Å²) in [7, 11) is 1.04. The predicted octanol–water partition coefficient (Wildman–Crippen LogP) is 4.51. The minimum absolute atomic E-state index is 0.0124. The number of imide groups is 4. The van der Waals surface area contributed by atoms with E-state index in [4.69, 9.17) is 34.8 Å². The average Bonchev–Trinajstić information content (AvgIpc) is 3.28. The van der Waals surface area contributed by atoms with Crippen LogP contribution in [0, 0.1) is 23.6 Å².